The molecule has 11 heavy (non-hydrogen) atoms. The van der Waals surface area contributed by atoms with E-state index in [4.69, 9.17) is 16.6 Å². The summed E-state index contributed by atoms with van der Waals surface area (Å²) in [5, 5.41) is 9.05. The van der Waals surface area contributed by atoms with Crippen LogP contribution in [0.4, 0.5) is 11.4 Å². The summed E-state index contributed by atoms with van der Waals surface area (Å²) < 4.78 is 0. The van der Waals surface area contributed by atoms with Crippen molar-refractivity contribution in [1.29, 1.82) is 0 Å². The molecule has 1 rings (SSSR count). The van der Waals surface area contributed by atoms with Gasteiger partial charge in [-0.1, -0.05) is 0 Å². The van der Waals surface area contributed by atoms with E-state index in [1.807, 2.05) is 0 Å². The molecule has 0 aliphatic carbocycles. The zero-order chi connectivity index (χ0) is 8.43. The molecule has 0 aliphatic rings. The normalized spacial score (nSPS) is 9.45. The molecule has 0 amide bonds. The van der Waals surface area contributed by atoms with Crippen molar-refractivity contribution in [1.82, 2.24) is 0 Å². The highest BCUT2D eigenvalue weighted by molar-refractivity contribution is 5.84. The number of hydrogen-bond donors (Lipinski definition) is 3. The summed E-state index contributed by atoms with van der Waals surface area (Å²) in [6.07, 6.45) is 0.519. The van der Waals surface area contributed by atoms with E-state index in [-0.39, 0.29) is 17.0 Å². The summed E-state index contributed by atoms with van der Waals surface area (Å²) in [4.78, 5) is 10.2. The maximum Gasteiger partial charge on any atom is 0.153 e. The molecule has 1 aromatic rings. The van der Waals surface area contributed by atoms with E-state index in [9.17, 15) is 4.79 Å². The van der Waals surface area contributed by atoms with E-state index in [0.29, 0.717) is 12.0 Å². The van der Waals surface area contributed by atoms with Crippen LogP contribution in [-0.4, -0.2) is 11.4 Å². The van der Waals surface area contributed by atoms with Crippen LogP contribution in [0.2, 0.25) is 0 Å². The summed E-state index contributed by atoms with van der Waals surface area (Å²) in [7, 11) is 0. The number of benzene rings is 1. The van der Waals surface area contributed by atoms with Crippen molar-refractivity contribution in [2.75, 3.05) is 11.5 Å². The van der Waals surface area contributed by atoms with Gasteiger partial charge in [0.2, 0.25) is 0 Å². The van der Waals surface area contributed by atoms with Gasteiger partial charge in [-0.15, -0.1) is 0 Å². The number of nitrogen functional groups attached to an aromatic ring is 2. The molecule has 0 unspecified atom stereocenters. The third-order valence-electron chi connectivity index (χ3n) is 1.36. The highest BCUT2D eigenvalue weighted by Crippen LogP contribution is 2.24. The lowest BCUT2D eigenvalue weighted by molar-refractivity contribution is 0.112. The zero-order valence-electron chi connectivity index (χ0n) is 5.74. The number of carbonyl (C=O) groups excluding carboxylic acids is 1. The Morgan fingerprint density at radius 3 is 2.36 bits per heavy atom. The largest absolute Gasteiger partial charge is 0.507 e. The molecule has 5 N–H and O–H groups in total. The Labute approximate surface area is 63.4 Å². The number of hydrogen-bond acceptors (Lipinski definition) is 4. The maximum atomic E-state index is 10.2. The summed E-state index contributed by atoms with van der Waals surface area (Å²) in [6.45, 7) is 0. The maximum absolute atomic E-state index is 10.2. The van der Waals surface area contributed by atoms with Gasteiger partial charge < -0.3 is 16.6 Å². The van der Waals surface area contributed by atoms with Crippen molar-refractivity contribution >= 4 is 17.7 Å². The van der Waals surface area contributed by atoms with Crippen LogP contribution in [-0.2, 0) is 0 Å². The predicted octanol–water partition coefficient (Wildman–Crippen LogP) is 0.369. The van der Waals surface area contributed by atoms with Crippen molar-refractivity contribution in [3.63, 3.8) is 0 Å². The Bertz CT molecular complexity index is 297. The Hall–Kier alpha value is -1.71. The van der Waals surface area contributed by atoms with Crippen LogP contribution in [0, 0.1) is 0 Å². The van der Waals surface area contributed by atoms with Crippen molar-refractivity contribution < 1.29 is 9.90 Å². The van der Waals surface area contributed by atoms with Crippen molar-refractivity contribution in [3.05, 3.63) is 17.7 Å². The molecular weight excluding hydrogens is 144 g/mol. The fraction of sp³-hybridized carbons (Fsp3) is 0. The molecule has 0 saturated carbocycles. The van der Waals surface area contributed by atoms with Gasteiger partial charge in [0.25, 0.3) is 0 Å². The van der Waals surface area contributed by atoms with Gasteiger partial charge in [0.05, 0.1) is 16.9 Å². The van der Waals surface area contributed by atoms with Gasteiger partial charge in [0.1, 0.15) is 5.75 Å². The molecule has 0 bridgehead atoms. The minimum atomic E-state index is -0.147. The quantitative estimate of drug-likeness (QED) is 0.308. The number of anilines is 2. The second-order valence-electron chi connectivity index (χ2n) is 2.16. The minimum Gasteiger partial charge on any atom is -0.507 e. The molecule has 0 spiro atoms. The summed E-state index contributed by atoms with van der Waals surface area (Å²) >= 11 is 0. The van der Waals surface area contributed by atoms with Crippen LogP contribution in [0.25, 0.3) is 0 Å². The number of nitrogens with two attached hydrogens (primary N) is 2. The highest BCUT2D eigenvalue weighted by Gasteiger charge is 2.02. The Morgan fingerprint density at radius 2 is 1.82 bits per heavy atom. The van der Waals surface area contributed by atoms with E-state index < -0.39 is 0 Å². The average molecular weight is 152 g/mol. The summed E-state index contributed by atoms with van der Waals surface area (Å²) in [5.74, 6) is -0.147. The molecule has 4 nitrogen and oxygen atoms in total. The molecule has 1 aromatic carbocycles. The summed E-state index contributed by atoms with van der Waals surface area (Å²) in [6, 6.07) is 2.58. The van der Waals surface area contributed by atoms with Crippen LogP contribution < -0.4 is 11.5 Å². The van der Waals surface area contributed by atoms with Crippen LogP contribution in [0.1, 0.15) is 10.4 Å². The first-order chi connectivity index (χ1) is 5.15. The molecule has 0 atom stereocenters. The summed E-state index contributed by atoms with van der Waals surface area (Å²) in [5.41, 5.74) is 11.4. The van der Waals surface area contributed by atoms with Crippen molar-refractivity contribution in [2.45, 2.75) is 0 Å². The van der Waals surface area contributed by atoms with Gasteiger partial charge in [0, 0.05) is 6.07 Å². The molecule has 0 saturated heterocycles. The van der Waals surface area contributed by atoms with Gasteiger partial charge in [-0.25, -0.2) is 0 Å². The van der Waals surface area contributed by atoms with E-state index in [0.717, 1.165) is 0 Å². The first-order valence-electron chi connectivity index (χ1n) is 2.98. The third-order valence-corrected chi connectivity index (χ3v) is 1.36. The lowest BCUT2D eigenvalue weighted by atomic mass is 10.2. The monoisotopic (exact) mass is 152 g/mol. The van der Waals surface area contributed by atoms with Gasteiger partial charge in [-0.3, -0.25) is 4.79 Å². The Kier molecular flexibility index (Phi) is 1.68. The standard InChI is InChI=1S/C7H8N2O2/c8-5-1-4(3-10)7(11)2-6(5)9/h1-3,11H,8-9H2. The fourth-order valence-corrected chi connectivity index (χ4v) is 0.733. The zero-order valence-corrected chi connectivity index (χ0v) is 5.74. The van der Waals surface area contributed by atoms with E-state index in [1.54, 1.807) is 0 Å². The number of phenols is 1. The average Bonchev–Trinajstić information content (AvgIpc) is 1.97. The molecule has 4 heteroatoms. The highest BCUT2D eigenvalue weighted by atomic mass is 16.3. The molecule has 0 aliphatic heterocycles. The molecule has 0 fully saturated rings. The number of phenolic OH excluding ortho intramolecular Hbond substituents is 1. The fourth-order valence-electron chi connectivity index (χ4n) is 0.733. The van der Waals surface area contributed by atoms with Crippen LogP contribution >= 0.6 is 0 Å². The lowest BCUT2D eigenvalue weighted by Gasteiger charge is -2.01. The van der Waals surface area contributed by atoms with Crippen molar-refractivity contribution in [3.8, 4) is 5.75 Å². The lowest BCUT2D eigenvalue weighted by Crippen LogP contribution is -1.95. The molecule has 0 radical (unpaired) electrons. The van der Waals surface area contributed by atoms with Crippen LogP contribution in [0.5, 0.6) is 5.75 Å². The van der Waals surface area contributed by atoms with Gasteiger partial charge in [-0.2, -0.15) is 0 Å². The molecule has 58 valence electrons. The second-order valence-corrected chi connectivity index (χ2v) is 2.16. The van der Waals surface area contributed by atoms with E-state index >= 15 is 0 Å². The SMILES string of the molecule is Nc1cc(O)c(C=O)cc1N. The van der Waals surface area contributed by atoms with E-state index in [1.165, 1.54) is 12.1 Å². The number of carbonyl (C=O) groups is 1. The van der Waals surface area contributed by atoms with Crippen molar-refractivity contribution in [2.24, 2.45) is 0 Å². The third kappa shape index (κ3) is 1.24. The first kappa shape index (κ1) is 7.40. The number of aldehydes is 1. The topological polar surface area (TPSA) is 89.3 Å². The number of aromatic hydroxyl groups is 1. The molecule has 0 heterocycles. The molecule has 0 aromatic heterocycles. The second kappa shape index (κ2) is 2.49. The molecular formula is C7H8N2O2. The van der Waals surface area contributed by atoms with Crippen LogP contribution in [0.3, 0.4) is 0 Å². The van der Waals surface area contributed by atoms with Gasteiger partial charge >= 0.3 is 0 Å². The van der Waals surface area contributed by atoms with Crippen LogP contribution in [0.15, 0.2) is 12.1 Å². The predicted molar refractivity (Wildman–Crippen MR) is 42.3 cm³/mol. The Balaban J connectivity index is 3.31. The van der Waals surface area contributed by atoms with E-state index in [2.05, 4.69) is 0 Å². The first-order valence-corrected chi connectivity index (χ1v) is 2.98. The van der Waals surface area contributed by atoms with Gasteiger partial charge in [-0.05, 0) is 6.07 Å². The number of rotatable bonds is 1. The van der Waals surface area contributed by atoms with Gasteiger partial charge in [0.15, 0.2) is 6.29 Å². The Morgan fingerprint density at radius 1 is 1.27 bits per heavy atom. The minimum absolute atomic E-state index is 0.147. The smallest absolute Gasteiger partial charge is 0.153 e.